The third-order valence-corrected chi connectivity index (χ3v) is 0.638. The molecular formula is C4H6N3. The van der Waals surface area contributed by atoms with Crippen LogP contribution in [0.2, 0.25) is 0 Å². The van der Waals surface area contributed by atoms with E-state index in [9.17, 15) is 0 Å². The van der Waals surface area contributed by atoms with Crippen LogP contribution in [0.3, 0.4) is 0 Å². The first-order valence-corrected chi connectivity index (χ1v) is 2.02. The molecule has 3 nitrogen and oxygen atoms in total. The number of nitrogens with one attached hydrogen (secondary N) is 2. The molecule has 0 fully saturated rings. The Morgan fingerprint density at radius 2 is 2.71 bits per heavy atom. The lowest BCUT2D eigenvalue weighted by atomic mass is 10.7. The summed E-state index contributed by atoms with van der Waals surface area (Å²) in [6.07, 6.45) is 4.22. The van der Waals surface area contributed by atoms with Gasteiger partial charge in [0.25, 0.3) is 0 Å². The molecule has 0 aromatic heterocycles. The first kappa shape index (κ1) is 4.18. The number of hydrogen-bond acceptors (Lipinski definition) is 3. The minimum atomic E-state index is 0.860. The molecule has 0 saturated carbocycles. The lowest BCUT2D eigenvalue weighted by Crippen LogP contribution is -2.33. The van der Waals surface area contributed by atoms with Crippen molar-refractivity contribution in [2.75, 3.05) is 0 Å². The first-order chi connectivity index (χ1) is 3.39. The zero-order valence-electron chi connectivity index (χ0n) is 4.02. The summed E-state index contributed by atoms with van der Waals surface area (Å²) < 4.78 is 0. The molecule has 0 aliphatic carbocycles. The summed E-state index contributed by atoms with van der Waals surface area (Å²) in [5.74, 6) is 0.860. The average molecular weight is 96.1 g/mol. The van der Waals surface area contributed by atoms with E-state index in [0.717, 1.165) is 5.84 Å². The number of amidine groups is 1. The second-order valence-electron chi connectivity index (χ2n) is 1.24. The van der Waals surface area contributed by atoms with Crippen LogP contribution in [0.5, 0.6) is 0 Å². The van der Waals surface area contributed by atoms with Crippen molar-refractivity contribution in [3.05, 3.63) is 12.4 Å². The zero-order valence-corrected chi connectivity index (χ0v) is 4.02. The second kappa shape index (κ2) is 1.64. The highest BCUT2D eigenvalue weighted by atomic mass is 15.4. The molecule has 0 atom stereocenters. The molecule has 1 aliphatic rings. The zero-order chi connectivity index (χ0) is 5.11. The standard InChI is InChI=1S/C4H6N3/c1-4-5-2-3-6-7-4/h2,6H,1H3,(H,5,7). The van der Waals surface area contributed by atoms with Gasteiger partial charge in [0.1, 0.15) is 5.84 Å². The van der Waals surface area contributed by atoms with Crippen LogP contribution in [0.4, 0.5) is 0 Å². The highest BCUT2D eigenvalue weighted by Crippen LogP contribution is 1.76. The van der Waals surface area contributed by atoms with Gasteiger partial charge in [-0.1, -0.05) is 0 Å². The van der Waals surface area contributed by atoms with Gasteiger partial charge in [0.05, 0.1) is 12.4 Å². The Bertz CT molecular complexity index is 114. The molecule has 3 heteroatoms. The molecule has 1 radical (unpaired) electrons. The van der Waals surface area contributed by atoms with Crippen LogP contribution in [-0.4, -0.2) is 5.84 Å². The van der Waals surface area contributed by atoms with Crippen molar-refractivity contribution in [1.82, 2.24) is 10.9 Å². The molecule has 0 aromatic rings. The first-order valence-electron chi connectivity index (χ1n) is 2.02. The van der Waals surface area contributed by atoms with Gasteiger partial charge in [-0.05, 0) is 6.92 Å². The van der Waals surface area contributed by atoms with E-state index in [1.807, 2.05) is 6.92 Å². The van der Waals surface area contributed by atoms with Crippen molar-refractivity contribution < 1.29 is 0 Å². The monoisotopic (exact) mass is 96.1 g/mol. The predicted octanol–water partition coefficient (Wildman–Crippen LogP) is -0.213. The minimum absolute atomic E-state index is 0.860. The van der Waals surface area contributed by atoms with Crippen molar-refractivity contribution in [3.63, 3.8) is 0 Å². The van der Waals surface area contributed by atoms with Gasteiger partial charge in [-0.15, -0.1) is 0 Å². The van der Waals surface area contributed by atoms with Crippen molar-refractivity contribution in [2.45, 2.75) is 6.92 Å². The summed E-state index contributed by atoms with van der Waals surface area (Å²) >= 11 is 0. The molecule has 1 heterocycles. The highest BCUT2D eigenvalue weighted by molar-refractivity contribution is 5.79. The lowest BCUT2D eigenvalue weighted by molar-refractivity contribution is 0.774. The van der Waals surface area contributed by atoms with E-state index >= 15 is 0 Å². The molecule has 0 saturated heterocycles. The number of aliphatic imine (C=N–C) groups is 1. The maximum atomic E-state index is 3.84. The van der Waals surface area contributed by atoms with E-state index in [-0.39, 0.29) is 0 Å². The Kier molecular flexibility index (Phi) is 0.978. The molecular weight excluding hydrogens is 90.1 g/mol. The summed E-state index contributed by atoms with van der Waals surface area (Å²) in [6, 6.07) is 0. The Morgan fingerprint density at radius 1 is 1.86 bits per heavy atom. The SMILES string of the molecule is CC1=NC=[C]NN1. The number of nitrogens with zero attached hydrogens (tertiary/aromatic N) is 1. The van der Waals surface area contributed by atoms with Crippen LogP contribution < -0.4 is 10.9 Å². The van der Waals surface area contributed by atoms with Gasteiger partial charge in [0, 0.05) is 0 Å². The fraction of sp³-hybridized carbons (Fsp3) is 0.250. The summed E-state index contributed by atoms with van der Waals surface area (Å²) in [4.78, 5) is 3.84. The topological polar surface area (TPSA) is 36.4 Å². The third-order valence-electron chi connectivity index (χ3n) is 0.638. The Hall–Kier alpha value is -0.990. The number of hydrazine groups is 1. The van der Waals surface area contributed by atoms with E-state index in [4.69, 9.17) is 0 Å². The van der Waals surface area contributed by atoms with Crippen molar-refractivity contribution >= 4 is 5.84 Å². The van der Waals surface area contributed by atoms with Crippen LogP contribution in [0, 0.1) is 6.20 Å². The van der Waals surface area contributed by atoms with Crippen LogP contribution in [0.1, 0.15) is 6.92 Å². The Labute approximate surface area is 42.1 Å². The van der Waals surface area contributed by atoms with Crippen LogP contribution in [0.15, 0.2) is 11.2 Å². The maximum absolute atomic E-state index is 3.84. The Balaban J connectivity index is 2.57. The van der Waals surface area contributed by atoms with Gasteiger partial charge >= 0.3 is 0 Å². The van der Waals surface area contributed by atoms with Crippen molar-refractivity contribution in [3.8, 4) is 0 Å². The summed E-state index contributed by atoms with van der Waals surface area (Å²) in [5, 5.41) is 0. The molecule has 0 spiro atoms. The predicted molar refractivity (Wildman–Crippen MR) is 27.2 cm³/mol. The smallest absolute Gasteiger partial charge is 0.117 e. The van der Waals surface area contributed by atoms with Crippen molar-refractivity contribution in [1.29, 1.82) is 0 Å². The van der Waals surface area contributed by atoms with E-state index in [1.54, 1.807) is 6.20 Å². The molecule has 1 aliphatic heterocycles. The normalized spacial score (nSPS) is 17.0. The van der Waals surface area contributed by atoms with E-state index in [2.05, 4.69) is 22.0 Å². The minimum Gasteiger partial charge on any atom is -0.296 e. The third kappa shape index (κ3) is 0.924. The van der Waals surface area contributed by atoms with Gasteiger partial charge in [-0.2, -0.15) is 0 Å². The fourth-order valence-electron chi connectivity index (χ4n) is 0.320. The number of rotatable bonds is 0. The number of hydrogen-bond donors (Lipinski definition) is 2. The molecule has 1 rings (SSSR count). The quantitative estimate of drug-likeness (QED) is 0.437. The van der Waals surface area contributed by atoms with Gasteiger partial charge in [-0.3, -0.25) is 10.9 Å². The van der Waals surface area contributed by atoms with E-state index in [1.165, 1.54) is 0 Å². The van der Waals surface area contributed by atoms with Crippen LogP contribution >= 0.6 is 0 Å². The Morgan fingerprint density at radius 3 is 3.00 bits per heavy atom. The highest BCUT2D eigenvalue weighted by Gasteiger charge is 1.85. The van der Waals surface area contributed by atoms with E-state index < -0.39 is 0 Å². The van der Waals surface area contributed by atoms with Crippen molar-refractivity contribution in [2.24, 2.45) is 4.99 Å². The second-order valence-corrected chi connectivity index (χ2v) is 1.24. The molecule has 0 bridgehead atoms. The largest absolute Gasteiger partial charge is 0.296 e. The molecule has 0 amide bonds. The van der Waals surface area contributed by atoms with Crippen LogP contribution in [0.25, 0.3) is 0 Å². The summed E-state index contributed by atoms with van der Waals surface area (Å²) in [5.41, 5.74) is 5.39. The maximum Gasteiger partial charge on any atom is 0.117 e. The molecule has 0 aromatic carbocycles. The summed E-state index contributed by atoms with van der Waals surface area (Å²) in [6.45, 7) is 1.87. The molecule has 2 N–H and O–H groups in total. The lowest BCUT2D eigenvalue weighted by Gasteiger charge is -2.04. The van der Waals surface area contributed by atoms with Gasteiger partial charge in [-0.25, -0.2) is 4.99 Å². The summed E-state index contributed by atoms with van der Waals surface area (Å²) in [7, 11) is 0. The molecule has 7 heavy (non-hydrogen) atoms. The van der Waals surface area contributed by atoms with Crippen LogP contribution in [-0.2, 0) is 0 Å². The molecule has 37 valence electrons. The van der Waals surface area contributed by atoms with E-state index in [0.29, 0.717) is 0 Å². The van der Waals surface area contributed by atoms with Gasteiger partial charge in [0.15, 0.2) is 0 Å². The van der Waals surface area contributed by atoms with Gasteiger partial charge < -0.3 is 0 Å². The average Bonchev–Trinajstić information content (AvgIpc) is 1.69. The fourth-order valence-corrected chi connectivity index (χ4v) is 0.320. The van der Waals surface area contributed by atoms with Gasteiger partial charge in [0.2, 0.25) is 0 Å². The molecule has 0 unspecified atom stereocenters.